The molecule has 2 unspecified atom stereocenters. The summed E-state index contributed by atoms with van der Waals surface area (Å²) in [5.41, 5.74) is 0.886. The molecule has 2 aliphatic heterocycles. The van der Waals surface area contributed by atoms with Crippen LogP contribution in [0.1, 0.15) is 39.4 Å². The lowest BCUT2D eigenvalue weighted by molar-refractivity contribution is -0.125. The number of aryl methyl sites for hydroxylation is 2. The summed E-state index contributed by atoms with van der Waals surface area (Å²) in [7, 11) is 0. The van der Waals surface area contributed by atoms with Gasteiger partial charge in [0.25, 0.3) is 0 Å². The lowest BCUT2D eigenvalue weighted by Crippen LogP contribution is -2.54. The van der Waals surface area contributed by atoms with Gasteiger partial charge in [-0.25, -0.2) is 0 Å². The predicted molar refractivity (Wildman–Crippen MR) is 83.8 cm³/mol. The molecular formula is C16H22N2O2S. The Morgan fingerprint density at radius 2 is 2.24 bits per heavy atom. The van der Waals surface area contributed by atoms with Gasteiger partial charge in [0.2, 0.25) is 5.91 Å². The standard InChI is InChI=1S/C16H22N2O2S/c1-10-7-13(11(2)21-10)15(19)9-18-6-5-14-12(8-18)3-4-16(20)17-14/h7,12,14H,3-6,8-9H2,1-2H3,(H,17,20). The van der Waals surface area contributed by atoms with Crippen molar-refractivity contribution in [2.24, 2.45) is 5.92 Å². The fourth-order valence-corrected chi connectivity index (χ4v) is 4.47. The van der Waals surface area contributed by atoms with Gasteiger partial charge in [0.05, 0.1) is 6.54 Å². The number of likely N-dealkylation sites (tertiary alicyclic amines) is 1. The van der Waals surface area contributed by atoms with Gasteiger partial charge in [-0.1, -0.05) is 0 Å². The second kappa shape index (κ2) is 5.89. The number of amides is 1. The molecule has 0 aromatic carbocycles. The number of piperidine rings is 2. The Morgan fingerprint density at radius 1 is 1.43 bits per heavy atom. The molecule has 0 aliphatic carbocycles. The van der Waals surface area contributed by atoms with Gasteiger partial charge in [0.1, 0.15) is 0 Å². The van der Waals surface area contributed by atoms with E-state index in [1.807, 2.05) is 19.9 Å². The number of hydrogen-bond acceptors (Lipinski definition) is 4. The van der Waals surface area contributed by atoms with Crippen LogP contribution in [0.15, 0.2) is 6.07 Å². The minimum absolute atomic E-state index is 0.185. The van der Waals surface area contributed by atoms with E-state index >= 15 is 0 Å². The molecule has 1 N–H and O–H groups in total. The summed E-state index contributed by atoms with van der Waals surface area (Å²) in [5.74, 6) is 0.926. The van der Waals surface area contributed by atoms with E-state index in [2.05, 4.69) is 10.2 Å². The zero-order valence-electron chi connectivity index (χ0n) is 12.6. The quantitative estimate of drug-likeness (QED) is 0.871. The first-order chi connectivity index (χ1) is 10.0. The SMILES string of the molecule is Cc1cc(C(=O)CN2CCC3NC(=O)CCC3C2)c(C)s1. The molecule has 1 aromatic heterocycles. The van der Waals surface area contributed by atoms with Gasteiger partial charge in [-0.15, -0.1) is 11.3 Å². The maximum Gasteiger partial charge on any atom is 0.220 e. The van der Waals surface area contributed by atoms with Gasteiger partial charge >= 0.3 is 0 Å². The van der Waals surface area contributed by atoms with Crippen molar-refractivity contribution in [1.82, 2.24) is 10.2 Å². The number of nitrogens with one attached hydrogen (secondary N) is 1. The molecule has 2 fully saturated rings. The lowest BCUT2D eigenvalue weighted by atomic mass is 9.85. The number of hydrogen-bond donors (Lipinski definition) is 1. The van der Waals surface area contributed by atoms with Crippen LogP contribution in [0.5, 0.6) is 0 Å². The Balaban J connectivity index is 1.60. The van der Waals surface area contributed by atoms with Crippen LogP contribution in [0.3, 0.4) is 0 Å². The van der Waals surface area contributed by atoms with Crippen LogP contribution in [0, 0.1) is 19.8 Å². The van der Waals surface area contributed by atoms with E-state index in [4.69, 9.17) is 0 Å². The average Bonchev–Trinajstić information content (AvgIpc) is 2.78. The van der Waals surface area contributed by atoms with Gasteiger partial charge in [0.15, 0.2) is 5.78 Å². The van der Waals surface area contributed by atoms with E-state index in [1.165, 1.54) is 4.88 Å². The Kier molecular flexibility index (Phi) is 4.13. The van der Waals surface area contributed by atoms with Crippen LogP contribution >= 0.6 is 11.3 Å². The van der Waals surface area contributed by atoms with Crippen molar-refractivity contribution >= 4 is 23.0 Å². The smallest absolute Gasteiger partial charge is 0.220 e. The predicted octanol–water partition coefficient (Wildman–Crippen LogP) is 2.15. The molecule has 2 saturated heterocycles. The van der Waals surface area contributed by atoms with Gasteiger partial charge in [0, 0.05) is 40.9 Å². The first-order valence-corrected chi connectivity index (χ1v) is 8.46. The highest BCUT2D eigenvalue weighted by Gasteiger charge is 2.34. The largest absolute Gasteiger partial charge is 0.353 e. The van der Waals surface area contributed by atoms with E-state index in [-0.39, 0.29) is 11.7 Å². The molecule has 0 bridgehead atoms. The topological polar surface area (TPSA) is 49.4 Å². The Bertz CT molecular complexity index is 567. The fourth-order valence-electron chi connectivity index (χ4n) is 3.52. The van der Waals surface area contributed by atoms with E-state index in [1.54, 1.807) is 11.3 Å². The van der Waals surface area contributed by atoms with Crippen molar-refractivity contribution in [2.75, 3.05) is 19.6 Å². The first kappa shape index (κ1) is 14.7. The molecule has 1 aromatic rings. The number of nitrogens with zero attached hydrogens (tertiary/aromatic N) is 1. The fraction of sp³-hybridized carbons (Fsp3) is 0.625. The lowest BCUT2D eigenvalue weighted by Gasteiger charge is -2.41. The third kappa shape index (κ3) is 3.19. The molecule has 4 nitrogen and oxygen atoms in total. The zero-order valence-corrected chi connectivity index (χ0v) is 13.5. The van der Waals surface area contributed by atoms with Crippen LogP contribution in [0.25, 0.3) is 0 Å². The number of Topliss-reactive ketones (excluding diaryl/α,β-unsaturated/α-hetero) is 1. The molecule has 0 spiro atoms. The zero-order chi connectivity index (χ0) is 15.0. The Hall–Kier alpha value is -1.20. The van der Waals surface area contributed by atoms with Crippen LogP contribution in [-0.4, -0.2) is 42.3 Å². The Labute approximate surface area is 129 Å². The second-order valence-corrected chi connectivity index (χ2v) is 7.71. The van der Waals surface area contributed by atoms with Crippen LogP contribution in [0.4, 0.5) is 0 Å². The maximum atomic E-state index is 12.5. The molecule has 2 atom stereocenters. The number of carbonyl (C=O) groups excluding carboxylic acids is 2. The van der Waals surface area contributed by atoms with Crippen LogP contribution in [0.2, 0.25) is 0 Å². The molecule has 0 saturated carbocycles. The molecule has 0 radical (unpaired) electrons. The normalized spacial score (nSPS) is 26.3. The molecule has 114 valence electrons. The number of rotatable bonds is 3. The number of carbonyl (C=O) groups is 2. The summed E-state index contributed by atoms with van der Waals surface area (Å²) in [6, 6.07) is 2.33. The molecule has 2 aliphatic rings. The van der Waals surface area contributed by atoms with Gasteiger partial charge in [-0.3, -0.25) is 14.5 Å². The van der Waals surface area contributed by atoms with Crippen LogP contribution in [-0.2, 0) is 4.79 Å². The Morgan fingerprint density at radius 3 is 2.95 bits per heavy atom. The highest BCUT2D eigenvalue weighted by Crippen LogP contribution is 2.26. The molecule has 5 heteroatoms. The van der Waals surface area contributed by atoms with Crippen molar-refractivity contribution < 1.29 is 9.59 Å². The summed E-state index contributed by atoms with van der Waals surface area (Å²) < 4.78 is 0. The molecule has 1 amide bonds. The highest BCUT2D eigenvalue weighted by molar-refractivity contribution is 7.12. The highest BCUT2D eigenvalue weighted by atomic mass is 32.1. The van der Waals surface area contributed by atoms with Crippen molar-refractivity contribution in [3.63, 3.8) is 0 Å². The number of thiophene rings is 1. The minimum atomic E-state index is 0.185. The van der Waals surface area contributed by atoms with E-state index in [0.29, 0.717) is 24.9 Å². The van der Waals surface area contributed by atoms with Gasteiger partial charge in [-0.05, 0) is 38.7 Å². The van der Waals surface area contributed by atoms with Crippen molar-refractivity contribution in [2.45, 2.75) is 39.2 Å². The van der Waals surface area contributed by atoms with E-state index in [9.17, 15) is 9.59 Å². The molecule has 3 heterocycles. The molecular weight excluding hydrogens is 284 g/mol. The third-order valence-electron chi connectivity index (χ3n) is 4.62. The number of ketones is 1. The monoisotopic (exact) mass is 306 g/mol. The minimum Gasteiger partial charge on any atom is -0.353 e. The molecule has 3 rings (SSSR count). The summed E-state index contributed by atoms with van der Waals surface area (Å²) in [4.78, 5) is 28.5. The van der Waals surface area contributed by atoms with Crippen molar-refractivity contribution in [3.8, 4) is 0 Å². The molecule has 21 heavy (non-hydrogen) atoms. The first-order valence-electron chi connectivity index (χ1n) is 7.65. The van der Waals surface area contributed by atoms with Crippen molar-refractivity contribution in [1.29, 1.82) is 0 Å². The van der Waals surface area contributed by atoms with Gasteiger partial charge in [-0.2, -0.15) is 0 Å². The second-order valence-electron chi connectivity index (χ2n) is 6.25. The van der Waals surface area contributed by atoms with Gasteiger partial charge < -0.3 is 5.32 Å². The van der Waals surface area contributed by atoms with Crippen molar-refractivity contribution in [3.05, 3.63) is 21.4 Å². The summed E-state index contributed by atoms with van der Waals surface area (Å²) in [6.07, 6.45) is 2.55. The summed E-state index contributed by atoms with van der Waals surface area (Å²) in [5, 5.41) is 3.09. The van der Waals surface area contributed by atoms with E-state index in [0.717, 1.165) is 36.4 Å². The van der Waals surface area contributed by atoms with Crippen LogP contribution < -0.4 is 5.32 Å². The summed E-state index contributed by atoms with van der Waals surface area (Å²) in [6.45, 7) is 6.40. The average molecular weight is 306 g/mol. The van der Waals surface area contributed by atoms with E-state index < -0.39 is 0 Å². The maximum absolute atomic E-state index is 12.5. The summed E-state index contributed by atoms with van der Waals surface area (Å²) >= 11 is 1.69. The number of fused-ring (bicyclic) bond motifs is 1. The third-order valence-corrected chi connectivity index (χ3v) is 5.58.